The average Bonchev–Trinajstić information content (AvgIpc) is 2.70. The molecule has 2 aromatic carbocycles. The Hall–Kier alpha value is -3.48. The van der Waals surface area contributed by atoms with E-state index in [2.05, 4.69) is 15.4 Å². The van der Waals surface area contributed by atoms with Crippen molar-refractivity contribution in [3.05, 3.63) is 70.8 Å². The number of hydrogen-bond acceptors (Lipinski definition) is 5. The van der Waals surface area contributed by atoms with Gasteiger partial charge in [-0.2, -0.15) is 10.1 Å². The monoisotopic (exact) mass is 364 g/mol. The molecule has 0 aliphatic carbocycles. The minimum absolute atomic E-state index is 0.202. The quantitative estimate of drug-likeness (QED) is 0.726. The van der Waals surface area contributed by atoms with Gasteiger partial charge in [0.2, 0.25) is 5.91 Å². The molecule has 0 aliphatic heterocycles. The van der Waals surface area contributed by atoms with Gasteiger partial charge < -0.3 is 10.1 Å². The van der Waals surface area contributed by atoms with E-state index in [-0.39, 0.29) is 12.5 Å². The number of para-hydroxylation sites is 1. The minimum Gasteiger partial charge on any atom is -0.497 e. The Morgan fingerprint density at radius 1 is 1.15 bits per heavy atom. The van der Waals surface area contributed by atoms with E-state index < -0.39 is 5.69 Å². The Balaban J connectivity index is 1.74. The molecule has 0 bridgehead atoms. The topological polar surface area (TPSA) is 86.1 Å². The summed E-state index contributed by atoms with van der Waals surface area (Å²) >= 11 is 0. The number of ether oxygens (including phenoxy) is 1. The largest absolute Gasteiger partial charge is 0.497 e. The molecule has 0 fully saturated rings. The van der Waals surface area contributed by atoms with Crippen LogP contribution in [0.25, 0.3) is 11.3 Å². The van der Waals surface area contributed by atoms with E-state index in [1.165, 1.54) is 6.20 Å². The molecule has 3 aromatic rings. The van der Waals surface area contributed by atoms with Crippen molar-refractivity contribution in [3.63, 3.8) is 0 Å². The Labute approximate surface area is 156 Å². The standard InChI is InChI=1S/C20H20N4O3/c1-3-14-6-4-5-7-17(14)22-19(25)13-24-20(26)23-18(12-21-24)15-8-10-16(27-2)11-9-15/h4-12H,3,13H2,1-2H3,(H,22,25). The summed E-state index contributed by atoms with van der Waals surface area (Å²) in [5.74, 6) is 0.383. The van der Waals surface area contributed by atoms with Gasteiger partial charge in [-0.15, -0.1) is 0 Å². The van der Waals surface area contributed by atoms with E-state index in [0.717, 1.165) is 27.9 Å². The smallest absolute Gasteiger partial charge is 0.365 e. The lowest BCUT2D eigenvalue weighted by Crippen LogP contribution is -2.31. The fraction of sp³-hybridized carbons (Fsp3) is 0.200. The van der Waals surface area contributed by atoms with Crippen LogP contribution in [0.3, 0.4) is 0 Å². The first-order chi connectivity index (χ1) is 13.1. The van der Waals surface area contributed by atoms with E-state index in [4.69, 9.17) is 4.74 Å². The highest BCUT2D eigenvalue weighted by Crippen LogP contribution is 2.19. The van der Waals surface area contributed by atoms with Crippen molar-refractivity contribution in [2.75, 3.05) is 12.4 Å². The molecular weight excluding hydrogens is 344 g/mol. The number of anilines is 1. The SMILES string of the molecule is CCc1ccccc1NC(=O)Cn1ncc(-c2ccc(OC)cc2)nc1=O. The lowest BCUT2D eigenvalue weighted by Gasteiger charge is -2.10. The highest BCUT2D eigenvalue weighted by Gasteiger charge is 2.10. The van der Waals surface area contributed by atoms with Crippen LogP contribution in [0.2, 0.25) is 0 Å². The lowest BCUT2D eigenvalue weighted by molar-refractivity contribution is -0.117. The summed E-state index contributed by atoms with van der Waals surface area (Å²) in [7, 11) is 1.58. The number of carbonyl (C=O) groups excluding carboxylic acids is 1. The second-order valence-electron chi connectivity index (χ2n) is 5.87. The molecule has 0 spiro atoms. The Morgan fingerprint density at radius 3 is 2.56 bits per heavy atom. The maximum absolute atomic E-state index is 12.3. The summed E-state index contributed by atoms with van der Waals surface area (Å²) < 4.78 is 6.15. The fourth-order valence-corrected chi connectivity index (χ4v) is 2.65. The number of aromatic nitrogens is 3. The molecule has 7 nitrogen and oxygen atoms in total. The Morgan fingerprint density at radius 2 is 1.89 bits per heavy atom. The van der Waals surface area contributed by atoms with Crippen molar-refractivity contribution in [1.82, 2.24) is 14.8 Å². The predicted molar refractivity (Wildman–Crippen MR) is 103 cm³/mol. The summed E-state index contributed by atoms with van der Waals surface area (Å²) in [6, 6.07) is 14.7. The van der Waals surface area contributed by atoms with E-state index >= 15 is 0 Å². The van der Waals surface area contributed by atoms with Gasteiger partial charge in [-0.25, -0.2) is 9.48 Å². The molecule has 0 atom stereocenters. The molecule has 1 N–H and O–H groups in total. The van der Waals surface area contributed by atoms with Crippen LogP contribution in [0, 0.1) is 0 Å². The second kappa shape index (κ2) is 8.27. The van der Waals surface area contributed by atoms with Crippen molar-refractivity contribution >= 4 is 11.6 Å². The molecule has 1 amide bonds. The van der Waals surface area contributed by atoms with E-state index in [1.807, 2.05) is 31.2 Å². The van der Waals surface area contributed by atoms with E-state index in [1.54, 1.807) is 31.4 Å². The number of nitrogens with zero attached hydrogens (tertiary/aromatic N) is 3. The molecule has 0 saturated carbocycles. The number of rotatable bonds is 6. The molecule has 1 heterocycles. The summed E-state index contributed by atoms with van der Waals surface area (Å²) in [6.45, 7) is 1.81. The molecule has 0 unspecified atom stereocenters. The van der Waals surface area contributed by atoms with Crippen LogP contribution >= 0.6 is 0 Å². The first-order valence-corrected chi connectivity index (χ1v) is 8.57. The van der Waals surface area contributed by atoms with Gasteiger partial charge >= 0.3 is 5.69 Å². The second-order valence-corrected chi connectivity index (χ2v) is 5.87. The van der Waals surface area contributed by atoms with Crippen LogP contribution in [0.5, 0.6) is 5.75 Å². The molecular formula is C20H20N4O3. The molecule has 0 aliphatic rings. The van der Waals surface area contributed by atoms with Crippen LogP contribution < -0.4 is 15.7 Å². The van der Waals surface area contributed by atoms with Crippen LogP contribution in [-0.4, -0.2) is 27.8 Å². The van der Waals surface area contributed by atoms with Crippen molar-refractivity contribution in [1.29, 1.82) is 0 Å². The molecule has 7 heteroatoms. The number of methoxy groups -OCH3 is 1. The van der Waals surface area contributed by atoms with Crippen LogP contribution in [-0.2, 0) is 17.8 Å². The number of hydrogen-bond donors (Lipinski definition) is 1. The number of carbonyl (C=O) groups is 1. The van der Waals surface area contributed by atoms with Gasteiger partial charge in [0, 0.05) is 11.3 Å². The van der Waals surface area contributed by atoms with Gasteiger partial charge in [-0.3, -0.25) is 4.79 Å². The first kappa shape index (κ1) is 18.3. The number of aryl methyl sites for hydroxylation is 1. The number of amides is 1. The van der Waals surface area contributed by atoms with Gasteiger partial charge in [0.1, 0.15) is 12.3 Å². The predicted octanol–water partition coefficient (Wildman–Crippen LogP) is 2.52. The van der Waals surface area contributed by atoms with Gasteiger partial charge in [0.15, 0.2) is 0 Å². The summed E-state index contributed by atoms with van der Waals surface area (Å²) in [4.78, 5) is 28.5. The maximum atomic E-state index is 12.3. The average molecular weight is 364 g/mol. The highest BCUT2D eigenvalue weighted by atomic mass is 16.5. The number of benzene rings is 2. The van der Waals surface area contributed by atoms with Crippen molar-refractivity contribution in [2.24, 2.45) is 0 Å². The summed E-state index contributed by atoms with van der Waals surface area (Å²) in [5, 5.41) is 6.89. The number of nitrogens with one attached hydrogen (secondary N) is 1. The summed E-state index contributed by atoms with van der Waals surface area (Å²) in [5.41, 5.74) is 2.37. The zero-order valence-corrected chi connectivity index (χ0v) is 15.2. The zero-order chi connectivity index (χ0) is 19.2. The van der Waals surface area contributed by atoms with E-state index in [9.17, 15) is 9.59 Å². The van der Waals surface area contributed by atoms with Gasteiger partial charge in [-0.1, -0.05) is 25.1 Å². The first-order valence-electron chi connectivity index (χ1n) is 8.57. The molecule has 3 rings (SSSR count). The third-order valence-corrected chi connectivity index (χ3v) is 4.11. The fourth-order valence-electron chi connectivity index (χ4n) is 2.65. The highest BCUT2D eigenvalue weighted by molar-refractivity contribution is 5.91. The molecule has 27 heavy (non-hydrogen) atoms. The van der Waals surface area contributed by atoms with Crippen molar-refractivity contribution in [3.8, 4) is 17.0 Å². The molecule has 0 saturated heterocycles. The summed E-state index contributed by atoms with van der Waals surface area (Å²) in [6.07, 6.45) is 2.27. The van der Waals surface area contributed by atoms with Crippen molar-refractivity contribution in [2.45, 2.75) is 19.9 Å². The Kier molecular flexibility index (Phi) is 5.61. The molecule has 1 aromatic heterocycles. The van der Waals surface area contributed by atoms with Gasteiger partial charge in [0.05, 0.1) is 19.0 Å². The van der Waals surface area contributed by atoms with Crippen LogP contribution in [0.15, 0.2) is 59.5 Å². The van der Waals surface area contributed by atoms with Gasteiger partial charge in [0.25, 0.3) is 0 Å². The van der Waals surface area contributed by atoms with Crippen molar-refractivity contribution < 1.29 is 9.53 Å². The maximum Gasteiger partial charge on any atom is 0.365 e. The van der Waals surface area contributed by atoms with Crippen LogP contribution in [0.4, 0.5) is 5.69 Å². The lowest BCUT2D eigenvalue weighted by atomic mass is 10.1. The van der Waals surface area contributed by atoms with Crippen LogP contribution in [0.1, 0.15) is 12.5 Å². The molecule has 0 radical (unpaired) electrons. The minimum atomic E-state index is -0.581. The zero-order valence-electron chi connectivity index (χ0n) is 15.2. The third-order valence-electron chi connectivity index (χ3n) is 4.11. The Bertz CT molecular complexity index is 997. The van der Waals surface area contributed by atoms with E-state index in [0.29, 0.717) is 11.4 Å². The normalized spacial score (nSPS) is 10.4. The van der Waals surface area contributed by atoms with Gasteiger partial charge in [-0.05, 0) is 42.3 Å². The molecule has 138 valence electrons. The third kappa shape index (κ3) is 4.38.